The zero-order chi connectivity index (χ0) is 20.1. The Labute approximate surface area is 160 Å². The van der Waals surface area contributed by atoms with Crippen LogP contribution in [0.4, 0.5) is 14.5 Å². The van der Waals surface area contributed by atoms with E-state index in [1.807, 2.05) is 30.3 Å². The molecule has 0 fully saturated rings. The number of anilines is 1. The number of aromatic carboxylic acids is 1. The van der Waals surface area contributed by atoms with E-state index in [1.54, 1.807) is 12.1 Å². The Hall–Kier alpha value is -3.54. The van der Waals surface area contributed by atoms with Gasteiger partial charge in [0.2, 0.25) is 0 Å². The fourth-order valence-corrected chi connectivity index (χ4v) is 2.80. The first-order chi connectivity index (χ1) is 13.4. The number of nitrogens with one attached hydrogen (secondary N) is 1. The summed E-state index contributed by atoms with van der Waals surface area (Å²) in [6, 6.07) is 17.3. The van der Waals surface area contributed by atoms with Gasteiger partial charge in [0.05, 0.1) is 11.3 Å². The highest BCUT2D eigenvalue weighted by Gasteiger charge is 2.16. The van der Waals surface area contributed by atoms with Crippen molar-refractivity contribution in [2.24, 2.45) is 0 Å². The average Bonchev–Trinajstić information content (AvgIpc) is 2.69. The van der Waals surface area contributed by atoms with Gasteiger partial charge in [0, 0.05) is 5.56 Å². The van der Waals surface area contributed by atoms with E-state index in [0.717, 1.165) is 35.7 Å². The molecule has 0 aromatic heterocycles. The Morgan fingerprint density at radius 3 is 2.21 bits per heavy atom. The maximum Gasteiger partial charge on any atom is 0.337 e. The van der Waals surface area contributed by atoms with E-state index in [0.29, 0.717) is 6.42 Å². The predicted octanol–water partition coefficient (Wildman–Crippen LogP) is 4.70. The molecule has 0 radical (unpaired) electrons. The van der Waals surface area contributed by atoms with Crippen LogP contribution in [-0.4, -0.2) is 17.0 Å². The summed E-state index contributed by atoms with van der Waals surface area (Å²) in [5, 5.41) is 11.9. The fraction of sp³-hybridized carbons (Fsp3) is 0.0909. The van der Waals surface area contributed by atoms with Crippen molar-refractivity contribution in [3.63, 3.8) is 0 Å². The molecule has 6 heteroatoms. The summed E-state index contributed by atoms with van der Waals surface area (Å²) in [5.41, 5.74) is 1.89. The highest BCUT2D eigenvalue weighted by Crippen LogP contribution is 2.21. The minimum Gasteiger partial charge on any atom is -0.478 e. The Kier molecular flexibility index (Phi) is 5.79. The third-order valence-electron chi connectivity index (χ3n) is 4.29. The molecule has 0 bridgehead atoms. The summed E-state index contributed by atoms with van der Waals surface area (Å²) in [7, 11) is 0. The molecular formula is C22H17F2NO3. The van der Waals surface area contributed by atoms with Gasteiger partial charge < -0.3 is 10.4 Å². The maximum atomic E-state index is 13.4. The van der Waals surface area contributed by atoms with Crippen LogP contribution in [0.1, 0.15) is 31.8 Å². The van der Waals surface area contributed by atoms with Crippen molar-refractivity contribution in [3.8, 4) is 0 Å². The fourth-order valence-electron chi connectivity index (χ4n) is 2.80. The van der Waals surface area contributed by atoms with Gasteiger partial charge in [-0.3, -0.25) is 4.79 Å². The number of benzene rings is 3. The largest absolute Gasteiger partial charge is 0.478 e. The van der Waals surface area contributed by atoms with Gasteiger partial charge in [-0.15, -0.1) is 0 Å². The van der Waals surface area contributed by atoms with Crippen LogP contribution in [-0.2, 0) is 12.8 Å². The number of hydrogen-bond donors (Lipinski definition) is 2. The van der Waals surface area contributed by atoms with Crippen LogP contribution in [0, 0.1) is 11.6 Å². The number of halogens is 2. The molecule has 0 saturated carbocycles. The number of rotatable bonds is 6. The molecule has 2 N–H and O–H groups in total. The SMILES string of the molecule is O=C(Nc1cc(CCc2ccccc2)ccc1C(=O)O)c1ccc(F)c(F)c1. The van der Waals surface area contributed by atoms with Crippen LogP contribution in [0.2, 0.25) is 0 Å². The zero-order valence-corrected chi connectivity index (χ0v) is 14.8. The quantitative estimate of drug-likeness (QED) is 0.650. The third-order valence-corrected chi connectivity index (χ3v) is 4.29. The highest BCUT2D eigenvalue weighted by molar-refractivity contribution is 6.07. The molecule has 1 amide bonds. The second-order valence-corrected chi connectivity index (χ2v) is 6.25. The molecule has 0 aliphatic rings. The summed E-state index contributed by atoms with van der Waals surface area (Å²) in [5.74, 6) is -4.13. The molecule has 4 nitrogen and oxygen atoms in total. The number of hydrogen-bond acceptors (Lipinski definition) is 2. The topological polar surface area (TPSA) is 66.4 Å². The first-order valence-electron chi connectivity index (χ1n) is 8.60. The van der Waals surface area contributed by atoms with Gasteiger partial charge >= 0.3 is 5.97 Å². The molecule has 28 heavy (non-hydrogen) atoms. The molecule has 0 heterocycles. The number of aryl methyl sites for hydroxylation is 2. The second kappa shape index (κ2) is 8.43. The summed E-state index contributed by atoms with van der Waals surface area (Å²) >= 11 is 0. The van der Waals surface area contributed by atoms with Crippen LogP contribution >= 0.6 is 0 Å². The van der Waals surface area contributed by atoms with Crippen molar-refractivity contribution in [2.45, 2.75) is 12.8 Å². The van der Waals surface area contributed by atoms with Gasteiger partial charge in [0.1, 0.15) is 0 Å². The van der Waals surface area contributed by atoms with E-state index in [1.165, 1.54) is 6.07 Å². The van der Waals surface area contributed by atoms with E-state index in [2.05, 4.69) is 5.32 Å². The van der Waals surface area contributed by atoms with Crippen LogP contribution in [0.25, 0.3) is 0 Å². The van der Waals surface area contributed by atoms with E-state index in [-0.39, 0.29) is 16.8 Å². The lowest BCUT2D eigenvalue weighted by Gasteiger charge is -2.11. The lowest BCUT2D eigenvalue weighted by molar-refractivity contribution is 0.0698. The van der Waals surface area contributed by atoms with Crippen LogP contribution in [0.15, 0.2) is 66.7 Å². The molecule has 0 unspecified atom stereocenters. The number of amides is 1. The van der Waals surface area contributed by atoms with E-state index in [9.17, 15) is 23.5 Å². The van der Waals surface area contributed by atoms with E-state index in [4.69, 9.17) is 0 Å². The van der Waals surface area contributed by atoms with Crippen molar-refractivity contribution in [3.05, 3.63) is 101 Å². The third kappa shape index (κ3) is 4.59. The van der Waals surface area contributed by atoms with Crippen molar-refractivity contribution < 1.29 is 23.5 Å². The Balaban J connectivity index is 1.82. The minimum absolute atomic E-state index is 0.0839. The standard InChI is InChI=1S/C22H17F2NO3/c23-18-11-9-16(13-19(18)24)21(26)25-20-12-15(8-10-17(20)22(27)28)7-6-14-4-2-1-3-5-14/h1-5,8-13H,6-7H2,(H,25,26)(H,27,28). The molecule has 0 aliphatic carbocycles. The van der Waals surface area contributed by atoms with Gasteiger partial charge in [-0.2, -0.15) is 0 Å². The van der Waals surface area contributed by atoms with Gasteiger partial charge in [-0.1, -0.05) is 36.4 Å². The summed E-state index contributed by atoms with van der Waals surface area (Å²) in [4.78, 5) is 23.8. The molecule has 0 aliphatic heterocycles. The molecule has 142 valence electrons. The van der Waals surface area contributed by atoms with E-state index < -0.39 is 23.5 Å². The number of carboxylic acids is 1. The Bertz CT molecular complexity index is 1020. The van der Waals surface area contributed by atoms with Gasteiger partial charge in [0.25, 0.3) is 5.91 Å². The summed E-state index contributed by atoms with van der Waals surface area (Å²) < 4.78 is 26.4. The number of carbonyl (C=O) groups is 2. The molecular weight excluding hydrogens is 364 g/mol. The first-order valence-corrected chi connectivity index (χ1v) is 8.60. The minimum atomic E-state index is -1.20. The van der Waals surface area contributed by atoms with Crippen LogP contribution in [0.3, 0.4) is 0 Å². The second-order valence-electron chi connectivity index (χ2n) is 6.25. The van der Waals surface area contributed by atoms with Gasteiger partial charge in [0.15, 0.2) is 11.6 Å². The van der Waals surface area contributed by atoms with Gasteiger partial charge in [-0.25, -0.2) is 13.6 Å². The highest BCUT2D eigenvalue weighted by atomic mass is 19.2. The van der Waals surface area contributed by atoms with Crippen LogP contribution < -0.4 is 5.32 Å². The van der Waals surface area contributed by atoms with Crippen LogP contribution in [0.5, 0.6) is 0 Å². The molecule has 0 atom stereocenters. The predicted molar refractivity (Wildman–Crippen MR) is 102 cm³/mol. The average molecular weight is 381 g/mol. The first kappa shape index (κ1) is 19.2. The monoisotopic (exact) mass is 381 g/mol. The van der Waals surface area contributed by atoms with E-state index >= 15 is 0 Å². The smallest absolute Gasteiger partial charge is 0.337 e. The molecule has 3 rings (SSSR count). The lowest BCUT2D eigenvalue weighted by Crippen LogP contribution is -2.15. The Morgan fingerprint density at radius 1 is 0.821 bits per heavy atom. The maximum absolute atomic E-state index is 13.4. The van der Waals surface area contributed by atoms with Gasteiger partial charge in [-0.05, 0) is 54.3 Å². The number of carboxylic acid groups (broad SMARTS) is 1. The molecule has 0 spiro atoms. The molecule has 3 aromatic carbocycles. The van der Waals surface area contributed by atoms with Crippen molar-refractivity contribution in [1.82, 2.24) is 0 Å². The molecule has 3 aromatic rings. The molecule has 0 saturated heterocycles. The Morgan fingerprint density at radius 2 is 1.54 bits per heavy atom. The summed E-state index contributed by atoms with van der Waals surface area (Å²) in [6.45, 7) is 0. The lowest BCUT2D eigenvalue weighted by atomic mass is 10.0. The van der Waals surface area contributed by atoms with Crippen molar-refractivity contribution in [1.29, 1.82) is 0 Å². The summed E-state index contributed by atoms with van der Waals surface area (Å²) in [6.07, 6.45) is 1.40. The van der Waals surface area contributed by atoms with Crippen molar-refractivity contribution in [2.75, 3.05) is 5.32 Å². The normalized spacial score (nSPS) is 10.5. The zero-order valence-electron chi connectivity index (χ0n) is 14.8. The van der Waals surface area contributed by atoms with Crippen molar-refractivity contribution >= 4 is 17.6 Å². The number of carbonyl (C=O) groups excluding carboxylic acids is 1.